The maximum atomic E-state index is 11.9. The Morgan fingerprint density at radius 2 is 2.18 bits per heavy atom. The molecule has 6 heteroatoms. The minimum Gasteiger partial charge on any atom is -0.361 e. The van der Waals surface area contributed by atoms with Crippen molar-refractivity contribution in [3.05, 3.63) is 29.7 Å². The zero-order chi connectivity index (χ0) is 15.3. The maximum Gasteiger partial charge on any atom is 0.228 e. The highest BCUT2D eigenvalue weighted by molar-refractivity contribution is 6.02. The van der Waals surface area contributed by atoms with Gasteiger partial charge in [-0.3, -0.25) is 9.89 Å². The van der Waals surface area contributed by atoms with Crippen LogP contribution in [0.4, 0.5) is 5.82 Å². The second-order valence-electron chi connectivity index (χ2n) is 5.80. The van der Waals surface area contributed by atoms with E-state index in [9.17, 15) is 4.79 Å². The summed E-state index contributed by atoms with van der Waals surface area (Å²) < 4.78 is 5.22. The standard InChI is InChI=1S/C16H16N4O2/c1-8-14(9(2)22-20-8)11-5-6-12-13(7-11)18-19-15(12)17-16(21)10-3-4-10/h5-7,10H,3-4H2,1-2H3,(H2,17,18,19,21). The van der Waals surface area contributed by atoms with E-state index in [0.29, 0.717) is 5.82 Å². The Kier molecular flexibility index (Phi) is 2.79. The lowest BCUT2D eigenvalue weighted by molar-refractivity contribution is -0.117. The smallest absolute Gasteiger partial charge is 0.228 e. The fourth-order valence-corrected chi connectivity index (χ4v) is 2.73. The second-order valence-corrected chi connectivity index (χ2v) is 5.80. The number of nitrogens with one attached hydrogen (secondary N) is 2. The van der Waals surface area contributed by atoms with Crippen LogP contribution < -0.4 is 5.32 Å². The van der Waals surface area contributed by atoms with E-state index in [2.05, 4.69) is 20.7 Å². The van der Waals surface area contributed by atoms with Crippen LogP contribution >= 0.6 is 0 Å². The maximum absolute atomic E-state index is 11.9. The number of rotatable bonds is 3. The summed E-state index contributed by atoms with van der Waals surface area (Å²) in [6, 6.07) is 5.96. The Labute approximate surface area is 126 Å². The summed E-state index contributed by atoms with van der Waals surface area (Å²) >= 11 is 0. The second kappa shape index (κ2) is 4.69. The van der Waals surface area contributed by atoms with E-state index in [1.807, 2.05) is 32.0 Å². The molecule has 0 bridgehead atoms. The summed E-state index contributed by atoms with van der Waals surface area (Å²) in [5, 5.41) is 15.0. The van der Waals surface area contributed by atoms with Gasteiger partial charge in [-0.25, -0.2) is 0 Å². The molecule has 22 heavy (non-hydrogen) atoms. The molecular formula is C16H16N4O2. The van der Waals surface area contributed by atoms with Crippen molar-refractivity contribution < 1.29 is 9.32 Å². The van der Waals surface area contributed by atoms with E-state index >= 15 is 0 Å². The molecule has 2 aromatic heterocycles. The highest BCUT2D eigenvalue weighted by Gasteiger charge is 2.30. The predicted molar refractivity (Wildman–Crippen MR) is 82.4 cm³/mol. The zero-order valence-electron chi connectivity index (χ0n) is 12.4. The van der Waals surface area contributed by atoms with Crippen LogP contribution in [0.1, 0.15) is 24.3 Å². The number of aromatic amines is 1. The normalized spacial score (nSPS) is 14.5. The van der Waals surface area contributed by atoms with Gasteiger partial charge >= 0.3 is 0 Å². The van der Waals surface area contributed by atoms with Crippen LogP contribution in [0.15, 0.2) is 22.7 Å². The van der Waals surface area contributed by atoms with Crippen molar-refractivity contribution in [1.29, 1.82) is 0 Å². The van der Waals surface area contributed by atoms with Gasteiger partial charge in [-0.05, 0) is 44.4 Å². The lowest BCUT2D eigenvalue weighted by Crippen LogP contribution is -2.13. The fourth-order valence-electron chi connectivity index (χ4n) is 2.73. The van der Waals surface area contributed by atoms with Crippen molar-refractivity contribution in [2.75, 3.05) is 5.32 Å². The molecule has 0 unspecified atom stereocenters. The number of H-pyrrole nitrogens is 1. The number of aromatic nitrogens is 3. The molecule has 2 heterocycles. The number of amides is 1. The average molecular weight is 296 g/mol. The molecular weight excluding hydrogens is 280 g/mol. The Bertz CT molecular complexity index is 854. The first-order valence-corrected chi connectivity index (χ1v) is 7.35. The number of fused-ring (bicyclic) bond motifs is 1. The topological polar surface area (TPSA) is 83.8 Å². The van der Waals surface area contributed by atoms with Crippen LogP contribution in [0.25, 0.3) is 22.0 Å². The average Bonchev–Trinajstić information content (AvgIpc) is 3.21. The first kappa shape index (κ1) is 13.1. The first-order valence-electron chi connectivity index (χ1n) is 7.35. The molecule has 0 atom stereocenters. The minimum atomic E-state index is 0.0585. The summed E-state index contributed by atoms with van der Waals surface area (Å²) in [6.07, 6.45) is 1.95. The van der Waals surface area contributed by atoms with Crippen molar-refractivity contribution in [3.63, 3.8) is 0 Å². The van der Waals surface area contributed by atoms with Crippen molar-refractivity contribution in [2.24, 2.45) is 5.92 Å². The molecule has 3 aromatic rings. The fraction of sp³-hybridized carbons (Fsp3) is 0.312. The molecule has 0 radical (unpaired) electrons. The summed E-state index contributed by atoms with van der Waals surface area (Å²) in [5.41, 5.74) is 3.76. The minimum absolute atomic E-state index is 0.0585. The van der Waals surface area contributed by atoms with Gasteiger partial charge in [0.1, 0.15) is 5.76 Å². The van der Waals surface area contributed by atoms with Gasteiger partial charge in [0.2, 0.25) is 5.91 Å². The third kappa shape index (κ3) is 2.07. The molecule has 1 aliphatic carbocycles. The number of hydrogen-bond donors (Lipinski definition) is 2. The van der Waals surface area contributed by atoms with Gasteiger partial charge in [0, 0.05) is 16.9 Å². The first-order chi connectivity index (χ1) is 10.6. The molecule has 1 aliphatic rings. The number of carbonyl (C=O) groups excluding carboxylic acids is 1. The molecule has 1 aromatic carbocycles. The van der Waals surface area contributed by atoms with E-state index < -0.39 is 0 Å². The van der Waals surface area contributed by atoms with E-state index in [4.69, 9.17) is 4.52 Å². The van der Waals surface area contributed by atoms with Crippen LogP contribution in [0.3, 0.4) is 0 Å². The van der Waals surface area contributed by atoms with Crippen molar-refractivity contribution >= 4 is 22.6 Å². The molecule has 0 aliphatic heterocycles. The Hall–Kier alpha value is -2.63. The van der Waals surface area contributed by atoms with Gasteiger partial charge in [-0.15, -0.1) is 0 Å². The Morgan fingerprint density at radius 1 is 1.36 bits per heavy atom. The number of nitrogens with zero attached hydrogens (tertiary/aromatic N) is 2. The molecule has 0 spiro atoms. The molecule has 0 saturated heterocycles. The number of hydrogen-bond acceptors (Lipinski definition) is 4. The van der Waals surface area contributed by atoms with Crippen LogP contribution in [0.5, 0.6) is 0 Å². The largest absolute Gasteiger partial charge is 0.361 e. The van der Waals surface area contributed by atoms with E-state index in [0.717, 1.165) is 46.3 Å². The quantitative estimate of drug-likeness (QED) is 0.777. The Morgan fingerprint density at radius 3 is 2.86 bits per heavy atom. The molecule has 2 N–H and O–H groups in total. The van der Waals surface area contributed by atoms with E-state index in [-0.39, 0.29) is 11.8 Å². The van der Waals surface area contributed by atoms with Crippen LogP contribution in [-0.4, -0.2) is 21.3 Å². The van der Waals surface area contributed by atoms with Gasteiger partial charge in [-0.1, -0.05) is 11.2 Å². The van der Waals surface area contributed by atoms with Crippen LogP contribution in [0.2, 0.25) is 0 Å². The zero-order valence-corrected chi connectivity index (χ0v) is 12.4. The van der Waals surface area contributed by atoms with E-state index in [1.165, 1.54) is 0 Å². The number of aryl methyl sites for hydroxylation is 2. The Balaban J connectivity index is 1.72. The lowest BCUT2D eigenvalue weighted by atomic mass is 10.0. The van der Waals surface area contributed by atoms with Crippen molar-refractivity contribution in [3.8, 4) is 11.1 Å². The summed E-state index contributed by atoms with van der Waals surface area (Å²) in [5.74, 6) is 1.60. The molecule has 112 valence electrons. The van der Waals surface area contributed by atoms with Gasteiger partial charge in [-0.2, -0.15) is 5.10 Å². The number of carbonyl (C=O) groups is 1. The lowest BCUT2D eigenvalue weighted by Gasteiger charge is -2.02. The van der Waals surface area contributed by atoms with Gasteiger partial charge in [0.05, 0.1) is 11.2 Å². The highest BCUT2D eigenvalue weighted by Crippen LogP contribution is 2.33. The third-order valence-corrected chi connectivity index (χ3v) is 4.07. The summed E-state index contributed by atoms with van der Waals surface area (Å²) in [4.78, 5) is 11.9. The van der Waals surface area contributed by atoms with Crippen LogP contribution in [0, 0.1) is 19.8 Å². The molecule has 1 fully saturated rings. The van der Waals surface area contributed by atoms with Crippen molar-refractivity contribution in [1.82, 2.24) is 15.4 Å². The summed E-state index contributed by atoms with van der Waals surface area (Å²) in [7, 11) is 0. The van der Waals surface area contributed by atoms with Crippen molar-refractivity contribution in [2.45, 2.75) is 26.7 Å². The summed E-state index contributed by atoms with van der Waals surface area (Å²) in [6.45, 7) is 3.82. The van der Waals surface area contributed by atoms with Gasteiger partial charge in [0.15, 0.2) is 5.82 Å². The number of anilines is 1. The van der Waals surface area contributed by atoms with E-state index in [1.54, 1.807) is 0 Å². The molecule has 6 nitrogen and oxygen atoms in total. The predicted octanol–water partition coefficient (Wildman–Crippen LogP) is 3.18. The molecule has 4 rings (SSSR count). The van der Waals surface area contributed by atoms with Gasteiger partial charge in [0.25, 0.3) is 0 Å². The van der Waals surface area contributed by atoms with Crippen LogP contribution in [-0.2, 0) is 4.79 Å². The number of benzene rings is 1. The monoisotopic (exact) mass is 296 g/mol. The molecule has 1 amide bonds. The van der Waals surface area contributed by atoms with Gasteiger partial charge < -0.3 is 9.84 Å². The highest BCUT2D eigenvalue weighted by atomic mass is 16.5. The molecule has 1 saturated carbocycles. The third-order valence-electron chi connectivity index (χ3n) is 4.07. The SMILES string of the molecule is Cc1noc(C)c1-c1ccc2c(NC(=O)C3CC3)n[nH]c2c1.